The van der Waals surface area contributed by atoms with Crippen molar-refractivity contribution in [2.24, 2.45) is 0 Å². The van der Waals surface area contributed by atoms with E-state index in [0.717, 1.165) is 5.57 Å². The Morgan fingerprint density at radius 2 is 2.00 bits per heavy atom. The summed E-state index contributed by atoms with van der Waals surface area (Å²) in [5.41, 5.74) is 0.859. The van der Waals surface area contributed by atoms with Crippen LogP contribution in [0.1, 0.15) is 13.8 Å². The molecular formula is C6H9Cr-. The van der Waals surface area contributed by atoms with Gasteiger partial charge in [-0.2, -0.15) is 6.08 Å². The first-order valence-corrected chi connectivity index (χ1v) is 1.99. The van der Waals surface area contributed by atoms with Gasteiger partial charge in [-0.25, -0.2) is 11.6 Å². The molecule has 0 spiro atoms. The van der Waals surface area contributed by atoms with Crippen molar-refractivity contribution in [1.29, 1.82) is 0 Å². The van der Waals surface area contributed by atoms with E-state index in [1.54, 1.807) is 0 Å². The third-order valence-electron chi connectivity index (χ3n) is 0.430. The fraction of sp³-hybridized carbons (Fsp3) is 0.333. The monoisotopic (exact) mass is 133 g/mol. The van der Waals surface area contributed by atoms with E-state index < -0.39 is 0 Å². The van der Waals surface area contributed by atoms with Crippen LogP contribution in [-0.4, -0.2) is 0 Å². The Morgan fingerprint density at radius 1 is 1.57 bits per heavy atom. The molecule has 1 heteroatoms. The zero-order chi connectivity index (χ0) is 4.99. The van der Waals surface area contributed by atoms with Crippen LogP contribution in [0.25, 0.3) is 0 Å². The molecule has 0 radical (unpaired) electrons. The minimum atomic E-state index is 0. The smallest absolute Gasteiger partial charge is 0 e. The van der Waals surface area contributed by atoms with Gasteiger partial charge in [-0.3, -0.25) is 6.58 Å². The zero-order valence-electron chi connectivity index (χ0n) is 4.64. The van der Waals surface area contributed by atoms with Crippen molar-refractivity contribution in [3.63, 3.8) is 0 Å². The van der Waals surface area contributed by atoms with Crippen molar-refractivity contribution in [2.45, 2.75) is 13.8 Å². The molecule has 0 aromatic rings. The van der Waals surface area contributed by atoms with Crippen molar-refractivity contribution in [2.75, 3.05) is 0 Å². The first-order valence-electron chi connectivity index (χ1n) is 1.99. The Labute approximate surface area is 56.1 Å². The van der Waals surface area contributed by atoms with Gasteiger partial charge in [0.15, 0.2) is 0 Å². The topological polar surface area (TPSA) is 0 Å². The molecule has 0 N–H and O–H groups in total. The van der Waals surface area contributed by atoms with Crippen LogP contribution in [-0.2, 0) is 17.4 Å². The number of hydrogen-bond donors (Lipinski definition) is 0. The van der Waals surface area contributed by atoms with Crippen LogP contribution in [0.3, 0.4) is 0 Å². The average Bonchev–Trinajstić information content (AvgIpc) is 1.35. The van der Waals surface area contributed by atoms with E-state index in [4.69, 9.17) is 6.58 Å². The van der Waals surface area contributed by atoms with Crippen molar-refractivity contribution < 1.29 is 17.4 Å². The first kappa shape index (κ1) is 10.1. The summed E-state index contributed by atoms with van der Waals surface area (Å²) >= 11 is 0. The van der Waals surface area contributed by atoms with Crippen molar-refractivity contribution >= 4 is 0 Å². The van der Waals surface area contributed by atoms with Gasteiger partial charge in [-0.1, -0.05) is 13.8 Å². The summed E-state index contributed by atoms with van der Waals surface area (Å²) in [7, 11) is 0. The summed E-state index contributed by atoms with van der Waals surface area (Å²) in [6.45, 7) is 9.03. The molecule has 0 unspecified atom stereocenters. The van der Waals surface area contributed by atoms with Gasteiger partial charge in [0.05, 0.1) is 0 Å². The first-order chi connectivity index (χ1) is 2.77. The number of allylic oxidation sites excluding steroid dienone is 3. The molecule has 0 saturated heterocycles. The minimum Gasteiger partial charge on any atom is -0.290 e. The van der Waals surface area contributed by atoms with Gasteiger partial charge in [0.1, 0.15) is 0 Å². The predicted octanol–water partition coefficient (Wildman–Crippen LogP) is 1.94. The minimum absolute atomic E-state index is 0. The van der Waals surface area contributed by atoms with Gasteiger partial charge in [-0.05, 0) is 0 Å². The maximum atomic E-state index is 5.23. The van der Waals surface area contributed by atoms with E-state index in [1.807, 2.05) is 26.0 Å². The maximum Gasteiger partial charge on any atom is 0 e. The molecule has 0 heterocycles. The van der Waals surface area contributed by atoms with E-state index in [0.29, 0.717) is 0 Å². The average molecular weight is 133 g/mol. The summed E-state index contributed by atoms with van der Waals surface area (Å²) in [6, 6.07) is 0. The molecule has 0 fully saturated rings. The van der Waals surface area contributed by atoms with Gasteiger partial charge in [0, 0.05) is 17.4 Å². The van der Waals surface area contributed by atoms with Crippen LogP contribution in [0.5, 0.6) is 0 Å². The Morgan fingerprint density at radius 3 is 2.00 bits per heavy atom. The second kappa shape index (κ2) is 6.01. The van der Waals surface area contributed by atoms with Gasteiger partial charge < -0.3 is 0 Å². The summed E-state index contributed by atoms with van der Waals surface area (Å²) in [5.74, 6) is 0. The SMILES string of the molecule is [CH-]=C(C)C=CC.[Cr]. The molecule has 0 bridgehead atoms. The molecule has 0 aliphatic rings. The van der Waals surface area contributed by atoms with Crippen molar-refractivity contribution in [1.82, 2.24) is 0 Å². The van der Waals surface area contributed by atoms with E-state index in [9.17, 15) is 0 Å². The van der Waals surface area contributed by atoms with Crippen LogP contribution in [0, 0.1) is 6.58 Å². The third-order valence-corrected chi connectivity index (χ3v) is 0.430. The van der Waals surface area contributed by atoms with Crippen molar-refractivity contribution in [3.05, 3.63) is 24.3 Å². The van der Waals surface area contributed by atoms with Gasteiger partial charge >= 0.3 is 0 Å². The van der Waals surface area contributed by atoms with Crippen LogP contribution in [0.4, 0.5) is 0 Å². The Kier molecular flexibility index (Phi) is 8.67. The molecule has 40 valence electrons. The van der Waals surface area contributed by atoms with E-state index in [2.05, 4.69) is 0 Å². The molecule has 0 aromatic carbocycles. The maximum absolute atomic E-state index is 5.23. The fourth-order valence-electron chi connectivity index (χ4n) is 0.263. The fourth-order valence-corrected chi connectivity index (χ4v) is 0.263. The predicted molar refractivity (Wildman–Crippen MR) is 28.3 cm³/mol. The van der Waals surface area contributed by atoms with Gasteiger partial charge in [-0.15, -0.1) is 0 Å². The molecule has 7 heavy (non-hydrogen) atoms. The quantitative estimate of drug-likeness (QED) is 0.379. The summed E-state index contributed by atoms with van der Waals surface area (Å²) < 4.78 is 0. The number of rotatable bonds is 1. The molecule has 0 rings (SSSR count). The number of hydrogen-bond acceptors (Lipinski definition) is 0. The summed E-state index contributed by atoms with van der Waals surface area (Å²) in [4.78, 5) is 0. The normalized spacial score (nSPS) is 8.29. The molecule has 0 nitrogen and oxygen atoms in total. The molecule has 0 aromatic heterocycles. The summed E-state index contributed by atoms with van der Waals surface area (Å²) in [5, 5.41) is 0. The second-order valence-electron chi connectivity index (χ2n) is 1.24. The van der Waals surface area contributed by atoms with Crippen molar-refractivity contribution in [3.8, 4) is 0 Å². The van der Waals surface area contributed by atoms with Crippen LogP contribution in [0.2, 0.25) is 0 Å². The third kappa shape index (κ3) is 10.7. The van der Waals surface area contributed by atoms with E-state index >= 15 is 0 Å². The zero-order valence-corrected chi connectivity index (χ0v) is 5.92. The van der Waals surface area contributed by atoms with Crippen LogP contribution < -0.4 is 0 Å². The molecule has 0 aliphatic carbocycles. The Hall–Kier alpha value is 0.0125. The second-order valence-corrected chi connectivity index (χ2v) is 1.24. The summed E-state index contributed by atoms with van der Waals surface area (Å²) in [6.07, 6.45) is 3.77. The largest absolute Gasteiger partial charge is 0.290 e. The van der Waals surface area contributed by atoms with Crippen LogP contribution >= 0.6 is 0 Å². The van der Waals surface area contributed by atoms with E-state index in [-0.39, 0.29) is 17.4 Å². The van der Waals surface area contributed by atoms with E-state index in [1.165, 1.54) is 0 Å². The van der Waals surface area contributed by atoms with Gasteiger partial charge in [0.25, 0.3) is 0 Å². The Balaban J connectivity index is 0. The van der Waals surface area contributed by atoms with Gasteiger partial charge in [0.2, 0.25) is 0 Å². The molecule has 0 atom stereocenters. The standard InChI is InChI=1S/C6H9.Cr/c1-4-5-6(2)3;/h2,4-5H,1,3H3;/q-1;. The Bertz CT molecular complexity index is 72.2. The molecule has 0 amide bonds. The molecular weight excluding hydrogens is 124 g/mol. The molecule has 0 aliphatic heterocycles. The van der Waals surface area contributed by atoms with Crippen LogP contribution in [0.15, 0.2) is 17.7 Å². The molecule has 0 saturated carbocycles.